The quantitative estimate of drug-likeness (QED) is 0.183. The Morgan fingerprint density at radius 3 is 2.50 bits per heavy atom. The first-order valence-electron chi connectivity index (χ1n) is 7.94. The Balaban J connectivity index is 0.00000529. The van der Waals surface area contributed by atoms with Crippen molar-refractivity contribution in [2.24, 2.45) is 4.99 Å². The summed E-state index contributed by atoms with van der Waals surface area (Å²) in [6.45, 7) is 4.49. The molecule has 0 aliphatic heterocycles. The Bertz CT molecular complexity index is 456. The van der Waals surface area contributed by atoms with Gasteiger partial charge in [-0.25, -0.2) is 0 Å². The Morgan fingerprint density at radius 2 is 1.92 bits per heavy atom. The predicted octanol–water partition coefficient (Wildman–Crippen LogP) is 2.66. The van der Waals surface area contributed by atoms with Crippen molar-refractivity contribution in [2.75, 3.05) is 53.7 Å². The number of hydrogen-bond acceptors (Lipinski definition) is 4. The van der Waals surface area contributed by atoms with Crippen LogP contribution in [0.2, 0.25) is 0 Å². The maximum absolute atomic E-state index is 5.07. The molecular formula is C17H31IN4OS. The van der Waals surface area contributed by atoms with Gasteiger partial charge in [0, 0.05) is 51.8 Å². The van der Waals surface area contributed by atoms with Crippen LogP contribution in [0.4, 0.5) is 0 Å². The van der Waals surface area contributed by atoms with Crippen LogP contribution in [0.25, 0.3) is 0 Å². The molecular weight excluding hydrogens is 435 g/mol. The Labute approximate surface area is 168 Å². The first kappa shape index (κ1) is 23.5. The zero-order valence-electron chi connectivity index (χ0n) is 15.2. The van der Waals surface area contributed by atoms with Gasteiger partial charge in [-0.1, -0.05) is 12.1 Å². The van der Waals surface area contributed by atoms with Gasteiger partial charge in [0.2, 0.25) is 0 Å². The number of hydrogen-bond donors (Lipinski definition) is 2. The van der Waals surface area contributed by atoms with Crippen LogP contribution < -0.4 is 10.6 Å². The molecule has 7 heteroatoms. The van der Waals surface area contributed by atoms with E-state index < -0.39 is 0 Å². The Hall–Kier alpha value is -0.510. The van der Waals surface area contributed by atoms with E-state index in [4.69, 9.17) is 4.74 Å². The van der Waals surface area contributed by atoms with Gasteiger partial charge in [-0.3, -0.25) is 4.99 Å². The number of ether oxygens (including phenoxy) is 1. The molecule has 138 valence electrons. The van der Waals surface area contributed by atoms with Crippen LogP contribution in [0, 0.1) is 0 Å². The highest BCUT2D eigenvalue weighted by Crippen LogP contribution is 2.14. The fourth-order valence-corrected chi connectivity index (χ4v) is 2.51. The molecule has 0 atom stereocenters. The minimum absolute atomic E-state index is 0. The third-order valence-electron chi connectivity index (χ3n) is 3.52. The number of likely N-dealkylation sites (N-methyl/N-ethyl adjacent to an activating group) is 1. The molecule has 1 aromatic rings. The number of guanidine groups is 1. The van der Waals surface area contributed by atoms with Crippen molar-refractivity contribution < 1.29 is 4.74 Å². The van der Waals surface area contributed by atoms with Crippen LogP contribution in [0.5, 0.6) is 0 Å². The fraction of sp³-hybridized carbons (Fsp3) is 0.588. The lowest BCUT2D eigenvalue weighted by Crippen LogP contribution is -2.40. The summed E-state index contributed by atoms with van der Waals surface area (Å²) in [5, 5.41) is 6.69. The predicted molar refractivity (Wildman–Crippen MR) is 116 cm³/mol. The molecule has 0 radical (unpaired) electrons. The van der Waals surface area contributed by atoms with Gasteiger partial charge in [-0.2, -0.15) is 0 Å². The van der Waals surface area contributed by atoms with Crippen LogP contribution in [0.15, 0.2) is 34.2 Å². The van der Waals surface area contributed by atoms with Gasteiger partial charge in [0.15, 0.2) is 5.96 Å². The van der Waals surface area contributed by atoms with Gasteiger partial charge in [0.25, 0.3) is 0 Å². The molecule has 0 aliphatic carbocycles. The number of thioether (sulfide) groups is 1. The molecule has 0 aliphatic rings. The molecule has 0 saturated heterocycles. The molecule has 0 heterocycles. The fourth-order valence-electron chi connectivity index (χ4n) is 2.11. The smallest absolute Gasteiger partial charge is 0.191 e. The number of nitrogens with zero attached hydrogens (tertiary/aromatic N) is 2. The highest BCUT2D eigenvalue weighted by molar-refractivity contribution is 14.0. The van der Waals surface area contributed by atoms with E-state index >= 15 is 0 Å². The maximum atomic E-state index is 5.07. The lowest BCUT2D eigenvalue weighted by atomic mass is 10.2. The van der Waals surface area contributed by atoms with Gasteiger partial charge in [0.05, 0.1) is 0 Å². The van der Waals surface area contributed by atoms with Gasteiger partial charge in [-0.15, -0.1) is 35.7 Å². The molecule has 0 saturated carbocycles. The van der Waals surface area contributed by atoms with Crippen molar-refractivity contribution in [1.82, 2.24) is 15.5 Å². The van der Waals surface area contributed by atoms with Crippen LogP contribution in [-0.2, 0) is 11.3 Å². The SMILES string of the molecule is CN=C(NCCN(C)CCCOC)NCc1ccc(SC)cc1.I. The van der Waals surface area contributed by atoms with Gasteiger partial charge >= 0.3 is 0 Å². The molecule has 0 bridgehead atoms. The van der Waals surface area contributed by atoms with Crippen molar-refractivity contribution in [3.05, 3.63) is 29.8 Å². The van der Waals surface area contributed by atoms with Crippen LogP contribution in [-0.4, -0.2) is 64.6 Å². The largest absolute Gasteiger partial charge is 0.385 e. The van der Waals surface area contributed by atoms with E-state index in [-0.39, 0.29) is 24.0 Å². The average Bonchev–Trinajstić information content (AvgIpc) is 2.58. The topological polar surface area (TPSA) is 48.9 Å². The van der Waals surface area contributed by atoms with E-state index in [2.05, 4.69) is 58.1 Å². The Morgan fingerprint density at radius 1 is 1.21 bits per heavy atom. The van der Waals surface area contributed by atoms with Gasteiger partial charge in [0.1, 0.15) is 0 Å². The maximum Gasteiger partial charge on any atom is 0.191 e. The molecule has 0 aromatic heterocycles. The van der Waals surface area contributed by atoms with E-state index in [1.807, 2.05) is 0 Å². The van der Waals surface area contributed by atoms with E-state index in [1.165, 1.54) is 10.5 Å². The van der Waals surface area contributed by atoms with Gasteiger partial charge in [-0.05, 0) is 37.4 Å². The molecule has 0 fully saturated rings. The van der Waals surface area contributed by atoms with E-state index in [0.29, 0.717) is 0 Å². The van der Waals surface area contributed by atoms with Crippen LogP contribution in [0.1, 0.15) is 12.0 Å². The van der Waals surface area contributed by atoms with Crippen molar-refractivity contribution in [3.63, 3.8) is 0 Å². The summed E-state index contributed by atoms with van der Waals surface area (Å²) in [4.78, 5) is 7.84. The third kappa shape index (κ3) is 10.4. The highest BCUT2D eigenvalue weighted by Gasteiger charge is 2.01. The first-order valence-corrected chi connectivity index (χ1v) is 9.17. The summed E-state index contributed by atoms with van der Waals surface area (Å²) in [5.41, 5.74) is 1.25. The molecule has 24 heavy (non-hydrogen) atoms. The minimum Gasteiger partial charge on any atom is -0.385 e. The molecule has 0 spiro atoms. The van der Waals surface area contributed by atoms with E-state index in [9.17, 15) is 0 Å². The number of halogens is 1. The Kier molecular flexibility index (Phi) is 14.5. The van der Waals surface area contributed by atoms with Crippen LogP contribution >= 0.6 is 35.7 Å². The number of benzene rings is 1. The zero-order chi connectivity index (χ0) is 16.9. The second-order valence-corrected chi connectivity index (χ2v) is 6.23. The molecule has 1 rings (SSSR count). The number of nitrogens with one attached hydrogen (secondary N) is 2. The lowest BCUT2D eigenvalue weighted by Gasteiger charge is -2.18. The number of rotatable bonds is 10. The second kappa shape index (κ2) is 14.8. The summed E-state index contributed by atoms with van der Waals surface area (Å²) in [7, 11) is 5.67. The summed E-state index contributed by atoms with van der Waals surface area (Å²) < 4.78 is 5.07. The van der Waals surface area contributed by atoms with Crippen molar-refractivity contribution >= 4 is 41.7 Å². The monoisotopic (exact) mass is 466 g/mol. The number of aliphatic imine (C=N–C) groups is 1. The third-order valence-corrected chi connectivity index (χ3v) is 4.26. The van der Waals surface area contributed by atoms with Crippen molar-refractivity contribution in [3.8, 4) is 0 Å². The van der Waals surface area contributed by atoms with Gasteiger partial charge < -0.3 is 20.3 Å². The number of methoxy groups -OCH3 is 1. The lowest BCUT2D eigenvalue weighted by molar-refractivity contribution is 0.180. The molecule has 1 aromatic carbocycles. The summed E-state index contributed by atoms with van der Waals surface area (Å²) in [6.07, 6.45) is 3.15. The summed E-state index contributed by atoms with van der Waals surface area (Å²) in [6, 6.07) is 8.59. The normalized spacial score (nSPS) is 11.3. The summed E-state index contributed by atoms with van der Waals surface area (Å²) >= 11 is 1.76. The molecule has 2 N–H and O–H groups in total. The standard InChI is InChI=1S/C17H30N4OS.HI/c1-18-17(19-10-12-21(2)11-5-13-22-3)20-14-15-6-8-16(23-4)9-7-15;/h6-9H,5,10-14H2,1-4H3,(H2,18,19,20);1H. The zero-order valence-corrected chi connectivity index (χ0v) is 18.3. The second-order valence-electron chi connectivity index (χ2n) is 5.35. The van der Waals surface area contributed by atoms with Crippen molar-refractivity contribution in [1.29, 1.82) is 0 Å². The van der Waals surface area contributed by atoms with Crippen molar-refractivity contribution in [2.45, 2.75) is 17.9 Å². The molecule has 5 nitrogen and oxygen atoms in total. The first-order chi connectivity index (χ1) is 11.2. The average molecular weight is 466 g/mol. The summed E-state index contributed by atoms with van der Waals surface area (Å²) in [5.74, 6) is 0.837. The molecule has 0 unspecified atom stereocenters. The van der Waals surface area contributed by atoms with Crippen LogP contribution in [0.3, 0.4) is 0 Å². The highest BCUT2D eigenvalue weighted by atomic mass is 127. The molecule has 0 amide bonds. The van der Waals surface area contributed by atoms with E-state index in [0.717, 1.165) is 45.2 Å². The van der Waals surface area contributed by atoms with E-state index in [1.54, 1.807) is 25.9 Å². The minimum atomic E-state index is 0.